The lowest BCUT2D eigenvalue weighted by atomic mass is 9.44. The van der Waals surface area contributed by atoms with Crippen LogP contribution in [0.4, 0.5) is 0 Å². The van der Waals surface area contributed by atoms with E-state index in [1.807, 2.05) is 0 Å². The predicted octanol–water partition coefficient (Wildman–Crippen LogP) is 0.530. The molecular formula is C31H51BrN2O5. The molecule has 1 aliphatic heterocycles. The highest BCUT2D eigenvalue weighted by atomic mass is 79.9. The summed E-state index contributed by atoms with van der Waals surface area (Å²) in [5, 5.41) is 20.6. The van der Waals surface area contributed by atoms with Gasteiger partial charge in [-0.1, -0.05) is 20.4 Å². The molecule has 0 radical (unpaired) electrons. The molecule has 4 aliphatic carbocycles. The van der Waals surface area contributed by atoms with E-state index in [-0.39, 0.29) is 59.1 Å². The molecular weight excluding hydrogens is 560 g/mol. The molecule has 10 atom stereocenters. The highest BCUT2D eigenvalue weighted by Gasteiger charge is 2.67. The second-order valence-electron chi connectivity index (χ2n) is 14.0. The van der Waals surface area contributed by atoms with Gasteiger partial charge in [0.25, 0.3) is 0 Å². The second-order valence-corrected chi connectivity index (χ2v) is 14.0. The Hall–Kier alpha value is -0.960. The van der Waals surface area contributed by atoms with Gasteiger partial charge in [0.05, 0.1) is 38.4 Å². The van der Waals surface area contributed by atoms with E-state index in [9.17, 15) is 19.8 Å². The first kappa shape index (κ1) is 31.0. The van der Waals surface area contributed by atoms with Crippen LogP contribution < -0.4 is 17.0 Å². The first-order valence-corrected chi connectivity index (χ1v) is 15.3. The third kappa shape index (κ3) is 5.03. The summed E-state index contributed by atoms with van der Waals surface area (Å²) in [4.78, 5) is 26.0. The third-order valence-electron chi connectivity index (χ3n) is 12.5. The van der Waals surface area contributed by atoms with Crippen molar-refractivity contribution in [1.29, 1.82) is 0 Å². The summed E-state index contributed by atoms with van der Waals surface area (Å²) in [6.45, 7) is 14.0. The number of aliphatic hydroxyl groups is 2. The van der Waals surface area contributed by atoms with Gasteiger partial charge in [0.15, 0.2) is 6.10 Å². The number of halogens is 1. The minimum atomic E-state index is -0.530. The van der Waals surface area contributed by atoms with Gasteiger partial charge in [-0.05, 0) is 73.7 Å². The molecule has 0 aromatic heterocycles. The molecule has 8 heteroatoms. The van der Waals surface area contributed by atoms with Gasteiger partial charge < -0.3 is 41.3 Å². The maximum atomic E-state index is 12.4. The Morgan fingerprint density at radius 3 is 2.46 bits per heavy atom. The van der Waals surface area contributed by atoms with Crippen molar-refractivity contribution in [1.82, 2.24) is 4.90 Å². The Balaban J connectivity index is 0.00000353. The Morgan fingerprint density at radius 1 is 1.13 bits per heavy atom. The minimum absolute atomic E-state index is 0. The molecule has 1 amide bonds. The molecule has 1 saturated heterocycles. The third-order valence-corrected chi connectivity index (χ3v) is 12.5. The van der Waals surface area contributed by atoms with Crippen LogP contribution in [0, 0.1) is 34.5 Å². The number of hydrogen-bond acceptors (Lipinski definition) is 5. The molecule has 222 valence electrons. The van der Waals surface area contributed by atoms with Crippen LogP contribution in [0.1, 0.15) is 78.6 Å². The van der Waals surface area contributed by atoms with Crippen molar-refractivity contribution >= 4 is 12.4 Å². The summed E-state index contributed by atoms with van der Waals surface area (Å²) < 4.78 is 7.33. The summed E-state index contributed by atoms with van der Waals surface area (Å²) >= 11 is 0. The number of quaternary nitrogens is 1. The van der Waals surface area contributed by atoms with Crippen LogP contribution in [0.3, 0.4) is 0 Å². The summed E-state index contributed by atoms with van der Waals surface area (Å²) in [7, 11) is 0. The largest absolute Gasteiger partial charge is 1.00 e. The molecule has 4 saturated carbocycles. The van der Waals surface area contributed by atoms with Gasteiger partial charge >= 0.3 is 5.97 Å². The van der Waals surface area contributed by atoms with Gasteiger partial charge in [-0.2, -0.15) is 0 Å². The lowest BCUT2D eigenvalue weighted by Crippen LogP contribution is -3.00. The van der Waals surface area contributed by atoms with Crippen molar-refractivity contribution < 1.29 is 46.0 Å². The van der Waals surface area contributed by atoms with Gasteiger partial charge in [-0.15, -0.1) is 0 Å². The molecule has 0 spiro atoms. The van der Waals surface area contributed by atoms with E-state index in [1.165, 1.54) is 19.3 Å². The molecule has 2 N–H and O–H groups in total. The number of amides is 1. The van der Waals surface area contributed by atoms with E-state index in [1.54, 1.807) is 11.8 Å². The number of nitrogens with zero attached hydrogens (tertiary/aromatic N) is 2. The van der Waals surface area contributed by atoms with Gasteiger partial charge in [-0.3, -0.25) is 9.59 Å². The fourth-order valence-electron chi connectivity index (χ4n) is 10.8. The zero-order chi connectivity index (χ0) is 27.3. The first-order valence-electron chi connectivity index (χ1n) is 15.3. The molecule has 5 fully saturated rings. The first-order chi connectivity index (χ1) is 18.1. The summed E-state index contributed by atoms with van der Waals surface area (Å²) in [5.74, 6) is 1.93. The van der Waals surface area contributed by atoms with Crippen molar-refractivity contribution in [2.75, 3.05) is 32.8 Å². The van der Waals surface area contributed by atoms with Crippen molar-refractivity contribution in [3.63, 3.8) is 0 Å². The summed E-state index contributed by atoms with van der Waals surface area (Å²) in [5.41, 5.74) is 0.0376. The van der Waals surface area contributed by atoms with Crippen molar-refractivity contribution in [2.24, 2.45) is 34.5 Å². The zero-order valence-corrected chi connectivity index (χ0v) is 25.9. The van der Waals surface area contributed by atoms with Crippen LogP contribution in [0.15, 0.2) is 12.7 Å². The van der Waals surface area contributed by atoms with Crippen LogP contribution >= 0.6 is 0 Å². The molecule has 0 aromatic rings. The molecule has 5 aliphatic rings. The van der Waals surface area contributed by atoms with E-state index in [0.29, 0.717) is 29.7 Å². The fraction of sp³-hybridized carbons (Fsp3) is 0.871. The number of ether oxygens (including phenoxy) is 1. The normalized spacial score (nSPS) is 44.2. The van der Waals surface area contributed by atoms with Crippen LogP contribution in [0.25, 0.3) is 0 Å². The lowest BCUT2D eigenvalue weighted by Gasteiger charge is -2.62. The standard InChI is InChI=1S/C31H51N2O5.BrH/c1-5-13-33(14-6-7-15-33)27-18-25-23-9-8-22-17-28(37)26(32(20-35)12-16-34)19-31(22,4)24(23)10-11-30(25,3)29(27)38-21(2)36;/h5,20,22-29,34,37H,1,6-19H2,2-4H3;1H/q+1;/p-1/t22-,23+,24-,25-,26-,27-,28-,29-,30-,31-;/m0./s1. The smallest absolute Gasteiger partial charge is 0.303 e. The van der Waals surface area contributed by atoms with Crippen molar-refractivity contribution in [2.45, 2.75) is 103 Å². The van der Waals surface area contributed by atoms with Gasteiger partial charge in [0.2, 0.25) is 6.41 Å². The van der Waals surface area contributed by atoms with Gasteiger partial charge in [0.1, 0.15) is 6.04 Å². The quantitative estimate of drug-likeness (QED) is 0.181. The van der Waals surface area contributed by atoms with E-state index in [0.717, 1.165) is 69.1 Å². The summed E-state index contributed by atoms with van der Waals surface area (Å²) in [6, 6.07) is 0.0961. The molecule has 0 aromatic carbocycles. The van der Waals surface area contributed by atoms with Crippen LogP contribution in [-0.4, -0.2) is 89.1 Å². The second kappa shape index (κ2) is 11.7. The Kier molecular flexibility index (Phi) is 9.32. The number of carbonyl (C=O) groups excluding carboxylic acids is 2. The Labute approximate surface area is 245 Å². The number of likely N-dealkylation sites (tertiary alicyclic amines) is 1. The zero-order valence-electron chi connectivity index (χ0n) is 24.3. The number of carbonyl (C=O) groups is 2. The maximum absolute atomic E-state index is 12.4. The summed E-state index contributed by atoms with van der Waals surface area (Å²) in [6.07, 6.45) is 11.9. The van der Waals surface area contributed by atoms with Crippen molar-refractivity contribution in [3.8, 4) is 0 Å². The topological polar surface area (TPSA) is 87.1 Å². The van der Waals surface area contributed by atoms with E-state index in [2.05, 4.69) is 26.5 Å². The number of hydrogen-bond donors (Lipinski definition) is 2. The van der Waals surface area contributed by atoms with Crippen LogP contribution in [0.2, 0.25) is 0 Å². The van der Waals surface area contributed by atoms with Crippen LogP contribution in [-0.2, 0) is 14.3 Å². The highest BCUT2D eigenvalue weighted by Crippen LogP contribution is 2.67. The molecule has 0 unspecified atom stereocenters. The Morgan fingerprint density at radius 2 is 1.85 bits per heavy atom. The highest BCUT2D eigenvalue weighted by molar-refractivity contribution is 5.66. The van der Waals surface area contributed by atoms with Crippen LogP contribution in [0.5, 0.6) is 0 Å². The van der Waals surface area contributed by atoms with Gasteiger partial charge in [-0.25, -0.2) is 0 Å². The molecule has 0 bridgehead atoms. The Bertz CT molecular complexity index is 911. The molecule has 39 heavy (non-hydrogen) atoms. The SMILES string of the molecule is C=CC[N+]1([C@H]2C[C@H]3[C@@H]4CC[C@H]5C[C@H](O)[C@@H](N(C=O)CCO)C[C@]5(C)[C@H]4CC[C@]3(C)[C@H]2OC(C)=O)CCCC1.[Br-]. The van der Waals surface area contributed by atoms with E-state index >= 15 is 0 Å². The molecule has 1 heterocycles. The maximum Gasteiger partial charge on any atom is 0.303 e. The number of fused-ring (bicyclic) bond motifs is 5. The number of rotatable bonds is 8. The minimum Gasteiger partial charge on any atom is -1.00 e. The average Bonchev–Trinajstić information content (AvgIpc) is 3.46. The monoisotopic (exact) mass is 610 g/mol. The molecule has 5 rings (SSSR count). The fourth-order valence-corrected chi connectivity index (χ4v) is 10.8. The number of aliphatic hydroxyl groups excluding tert-OH is 2. The van der Waals surface area contributed by atoms with E-state index < -0.39 is 6.10 Å². The van der Waals surface area contributed by atoms with Gasteiger partial charge in [0, 0.05) is 38.1 Å². The molecule has 7 nitrogen and oxygen atoms in total. The number of esters is 1. The van der Waals surface area contributed by atoms with Crippen molar-refractivity contribution in [3.05, 3.63) is 12.7 Å². The van der Waals surface area contributed by atoms with E-state index in [4.69, 9.17) is 4.74 Å². The average molecular weight is 612 g/mol. The lowest BCUT2D eigenvalue weighted by molar-refractivity contribution is -0.937. The predicted molar refractivity (Wildman–Crippen MR) is 146 cm³/mol.